The lowest BCUT2D eigenvalue weighted by atomic mass is 10.1. The number of carbonyl (C=O) groups excluding carboxylic acids is 1. The molecule has 1 aromatic carbocycles. The van der Waals surface area contributed by atoms with Gasteiger partial charge in [0, 0.05) is 12.1 Å². The van der Waals surface area contributed by atoms with Crippen LogP contribution in [0.4, 0.5) is 15.8 Å². The normalized spacial score (nSPS) is 19.8. The van der Waals surface area contributed by atoms with Gasteiger partial charge in [-0.05, 0) is 18.9 Å². The molecule has 1 saturated carbocycles. The van der Waals surface area contributed by atoms with Gasteiger partial charge in [-0.15, -0.1) is 0 Å². The van der Waals surface area contributed by atoms with Gasteiger partial charge in [-0.1, -0.05) is 12.8 Å². The van der Waals surface area contributed by atoms with Crippen LogP contribution in [0.1, 0.15) is 25.7 Å². The van der Waals surface area contributed by atoms with E-state index >= 15 is 0 Å². The van der Waals surface area contributed by atoms with Crippen molar-refractivity contribution < 1.29 is 13.9 Å². The molecule has 1 heterocycles. The SMILES string of the molecule is Nc1cc2c(cc1F)OCC(=O)N2C1CCCC1. The van der Waals surface area contributed by atoms with E-state index in [0.717, 1.165) is 25.7 Å². The molecular weight excluding hydrogens is 235 g/mol. The van der Waals surface area contributed by atoms with Gasteiger partial charge in [-0.25, -0.2) is 4.39 Å². The number of nitrogens with zero attached hydrogens (tertiary/aromatic N) is 1. The Morgan fingerprint density at radius 2 is 2.06 bits per heavy atom. The zero-order chi connectivity index (χ0) is 12.7. The number of halogens is 1. The first-order valence-electron chi connectivity index (χ1n) is 6.20. The van der Waals surface area contributed by atoms with E-state index in [0.29, 0.717) is 11.4 Å². The molecule has 1 fully saturated rings. The fraction of sp³-hybridized carbons (Fsp3) is 0.462. The Balaban J connectivity index is 2.05. The average Bonchev–Trinajstić information content (AvgIpc) is 2.85. The molecule has 0 spiro atoms. The van der Waals surface area contributed by atoms with Crippen molar-refractivity contribution in [3.8, 4) is 5.75 Å². The summed E-state index contributed by atoms with van der Waals surface area (Å²) >= 11 is 0. The lowest BCUT2D eigenvalue weighted by molar-refractivity contribution is -0.121. The standard InChI is InChI=1S/C13H15FN2O2/c14-9-5-12-11(6-10(9)15)16(13(17)7-18-12)8-3-1-2-4-8/h5-6,8H,1-4,7,15H2. The van der Waals surface area contributed by atoms with Gasteiger partial charge in [0.1, 0.15) is 11.6 Å². The Bertz CT molecular complexity index is 498. The molecule has 1 aliphatic carbocycles. The molecule has 1 aliphatic heterocycles. The Morgan fingerprint density at radius 1 is 1.33 bits per heavy atom. The number of fused-ring (bicyclic) bond motifs is 1. The molecule has 0 atom stereocenters. The summed E-state index contributed by atoms with van der Waals surface area (Å²) in [5, 5.41) is 0. The Kier molecular flexibility index (Phi) is 2.61. The zero-order valence-corrected chi connectivity index (χ0v) is 9.99. The van der Waals surface area contributed by atoms with Crippen LogP contribution < -0.4 is 15.4 Å². The number of nitrogen functional groups attached to an aromatic ring is 1. The van der Waals surface area contributed by atoms with Crippen molar-refractivity contribution in [1.29, 1.82) is 0 Å². The van der Waals surface area contributed by atoms with Gasteiger partial charge in [0.05, 0.1) is 11.4 Å². The van der Waals surface area contributed by atoms with E-state index in [1.165, 1.54) is 12.1 Å². The second-order valence-corrected chi connectivity index (χ2v) is 4.83. The van der Waals surface area contributed by atoms with Crippen molar-refractivity contribution in [3.05, 3.63) is 17.9 Å². The molecule has 1 amide bonds. The van der Waals surface area contributed by atoms with Crippen LogP contribution in [0.2, 0.25) is 0 Å². The highest BCUT2D eigenvalue weighted by Crippen LogP contribution is 2.39. The van der Waals surface area contributed by atoms with E-state index in [1.54, 1.807) is 4.90 Å². The number of ether oxygens (including phenoxy) is 1. The Labute approximate surface area is 105 Å². The predicted octanol–water partition coefficient (Wildman–Crippen LogP) is 2.08. The van der Waals surface area contributed by atoms with Crippen molar-refractivity contribution in [2.24, 2.45) is 0 Å². The third-order valence-corrected chi connectivity index (χ3v) is 3.65. The summed E-state index contributed by atoms with van der Waals surface area (Å²) in [6.07, 6.45) is 4.23. The fourth-order valence-electron chi connectivity index (χ4n) is 2.77. The van der Waals surface area contributed by atoms with Gasteiger partial charge >= 0.3 is 0 Å². The molecule has 0 aromatic heterocycles. The topological polar surface area (TPSA) is 55.6 Å². The molecule has 1 aromatic rings. The van der Waals surface area contributed by atoms with Crippen LogP contribution >= 0.6 is 0 Å². The third kappa shape index (κ3) is 1.70. The number of carbonyl (C=O) groups is 1. The summed E-state index contributed by atoms with van der Waals surface area (Å²) in [6.45, 7) is -0.0210. The van der Waals surface area contributed by atoms with Gasteiger partial charge in [0.2, 0.25) is 0 Å². The molecule has 96 valence electrons. The van der Waals surface area contributed by atoms with Crippen molar-refractivity contribution in [2.45, 2.75) is 31.7 Å². The monoisotopic (exact) mass is 250 g/mol. The minimum absolute atomic E-state index is 0.0210. The molecule has 0 saturated heterocycles. The molecule has 18 heavy (non-hydrogen) atoms. The first-order valence-corrected chi connectivity index (χ1v) is 6.20. The lowest BCUT2D eigenvalue weighted by Gasteiger charge is -2.34. The molecule has 2 aliphatic rings. The van der Waals surface area contributed by atoms with Crippen molar-refractivity contribution in [1.82, 2.24) is 0 Å². The largest absolute Gasteiger partial charge is 0.481 e. The van der Waals surface area contributed by atoms with Crippen LogP contribution in [0.3, 0.4) is 0 Å². The zero-order valence-electron chi connectivity index (χ0n) is 9.99. The van der Waals surface area contributed by atoms with Crippen molar-refractivity contribution in [3.63, 3.8) is 0 Å². The highest BCUT2D eigenvalue weighted by molar-refractivity contribution is 5.99. The first kappa shape index (κ1) is 11.3. The van der Waals surface area contributed by atoms with Crippen molar-refractivity contribution >= 4 is 17.3 Å². The second-order valence-electron chi connectivity index (χ2n) is 4.83. The van der Waals surface area contributed by atoms with E-state index in [1.807, 2.05) is 0 Å². The van der Waals surface area contributed by atoms with Gasteiger partial charge in [0.25, 0.3) is 5.91 Å². The van der Waals surface area contributed by atoms with E-state index in [9.17, 15) is 9.18 Å². The van der Waals surface area contributed by atoms with Gasteiger partial charge in [-0.3, -0.25) is 4.79 Å². The van der Waals surface area contributed by atoms with Crippen LogP contribution in [0.5, 0.6) is 5.75 Å². The number of benzene rings is 1. The fourth-order valence-corrected chi connectivity index (χ4v) is 2.77. The molecule has 4 nitrogen and oxygen atoms in total. The summed E-state index contributed by atoms with van der Waals surface area (Å²) in [7, 11) is 0. The highest BCUT2D eigenvalue weighted by atomic mass is 19.1. The lowest BCUT2D eigenvalue weighted by Crippen LogP contribution is -2.44. The van der Waals surface area contributed by atoms with Gasteiger partial charge < -0.3 is 15.4 Å². The van der Waals surface area contributed by atoms with Crippen LogP contribution in [-0.4, -0.2) is 18.6 Å². The summed E-state index contributed by atoms with van der Waals surface area (Å²) in [5.41, 5.74) is 6.24. The molecule has 5 heteroatoms. The number of amides is 1. The predicted molar refractivity (Wildman–Crippen MR) is 66.0 cm³/mol. The molecule has 3 rings (SSSR count). The van der Waals surface area contributed by atoms with Crippen LogP contribution in [-0.2, 0) is 4.79 Å². The number of nitrogens with two attached hydrogens (primary N) is 1. The Morgan fingerprint density at radius 3 is 2.78 bits per heavy atom. The van der Waals surface area contributed by atoms with E-state index < -0.39 is 5.82 Å². The molecule has 0 unspecified atom stereocenters. The highest BCUT2D eigenvalue weighted by Gasteiger charge is 2.33. The van der Waals surface area contributed by atoms with Crippen molar-refractivity contribution in [2.75, 3.05) is 17.2 Å². The molecule has 2 N–H and O–H groups in total. The van der Waals surface area contributed by atoms with Gasteiger partial charge in [-0.2, -0.15) is 0 Å². The Hall–Kier alpha value is -1.78. The summed E-state index contributed by atoms with van der Waals surface area (Å²) in [6, 6.07) is 2.96. The number of rotatable bonds is 1. The molecule has 0 radical (unpaired) electrons. The smallest absolute Gasteiger partial charge is 0.265 e. The maximum Gasteiger partial charge on any atom is 0.265 e. The first-order chi connectivity index (χ1) is 8.66. The summed E-state index contributed by atoms with van der Waals surface area (Å²) < 4.78 is 18.7. The number of hydrogen-bond acceptors (Lipinski definition) is 3. The summed E-state index contributed by atoms with van der Waals surface area (Å²) in [4.78, 5) is 13.7. The van der Waals surface area contributed by atoms with E-state index in [2.05, 4.69) is 0 Å². The minimum Gasteiger partial charge on any atom is -0.481 e. The maximum atomic E-state index is 13.4. The van der Waals surface area contributed by atoms with Crippen LogP contribution in [0.15, 0.2) is 12.1 Å². The summed E-state index contributed by atoms with van der Waals surface area (Å²) in [5.74, 6) is -0.164. The number of anilines is 2. The quantitative estimate of drug-likeness (QED) is 0.776. The second kappa shape index (κ2) is 4.15. The number of hydrogen-bond donors (Lipinski definition) is 1. The molecular formula is C13H15FN2O2. The van der Waals surface area contributed by atoms with E-state index in [-0.39, 0.29) is 24.2 Å². The minimum atomic E-state index is -0.505. The third-order valence-electron chi connectivity index (χ3n) is 3.65. The molecule has 0 bridgehead atoms. The van der Waals surface area contributed by atoms with Crippen LogP contribution in [0, 0.1) is 5.82 Å². The van der Waals surface area contributed by atoms with Gasteiger partial charge in [0.15, 0.2) is 6.61 Å². The van der Waals surface area contributed by atoms with Crippen LogP contribution in [0.25, 0.3) is 0 Å². The average molecular weight is 250 g/mol. The maximum absolute atomic E-state index is 13.4. The van der Waals surface area contributed by atoms with E-state index in [4.69, 9.17) is 10.5 Å².